The Morgan fingerprint density at radius 2 is 2.10 bits per heavy atom. The molecule has 2 rings (SSSR count). The Hall–Kier alpha value is -1.37. The highest BCUT2D eigenvalue weighted by Gasteiger charge is 2.19. The number of hydrogen-bond acceptors (Lipinski definition) is 4. The zero-order valence-electron chi connectivity index (χ0n) is 11.4. The first-order valence-electron chi connectivity index (χ1n) is 6.18. The molecule has 0 fully saturated rings. The Kier molecular flexibility index (Phi) is 4.80. The molecule has 20 heavy (non-hydrogen) atoms. The molecule has 0 aliphatic heterocycles. The first-order valence-corrected chi connectivity index (χ1v) is 8.61. The first-order chi connectivity index (χ1) is 9.53. The van der Waals surface area contributed by atoms with Gasteiger partial charge in [-0.05, 0) is 53.4 Å². The van der Waals surface area contributed by atoms with Crippen LogP contribution in [0.3, 0.4) is 0 Å². The summed E-state index contributed by atoms with van der Waals surface area (Å²) in [5, 5.41) is 4.00. The van der Waals surface area contributed by atoms with E-state index in [0.29, 0.717) is 18.7 Å². The van der Waals surface area contributed by atoms with Crippen LogP contribution in [0.1, 0.15) is 11.1 Å². The molecule has 1 heterocycles. The van der Waals surface area contributed by atoms with Crippen molar-refractivity contribution in [2.24, 2.45) is 0 Å². The van der Waals surface area contributed by atoms with Crippen molar-refractivity contribution in [1.29, 1.82) is 0 Å². The third-order valence-corrected chi connectivity index (χ3v) is 5.11. The molecule has 2 aromatic rings. The van der Waals surface area contributed by atoms with E-state index in [1.165, 1.54) is 7.11 Å². The second kappa shape index (κ2) is 6.39. The maximum atomic E-state index is 12.3. The average Bonchev–Trinajstić information content (AvgIpc) is 2.91. The molecule has 0 atom stereocenters. The van der Waals surface area contributed by atoms with Crippen molar-refractivity contribution in [1.82, 2.24) is 4.72 Å². The van der Waals surface area contributed by atoms with Crippen LogP contribution in [0.5, 0.6) is 5.75 Å². The van der Waals surface area contributed by atoms with Crippen molar-refractivity contribution >= 4 is 21.4 Å². The number of methoxy groups -OCH3 is 1. The highest BCUT2D eigenvalue weighted by Crippen LogP contribution is 2.24. The van der Waals surface area contributed by atoms with Crippen molar-refractivity contribution in [2.75, 3.05) is 13.7 Å². The van der Waals surface area contributed by atoms with Crippen LogP contribution >= 0.6 is 11.3 Å². The normalized spacial score (nSPS) is 11.5. The standard InChI is InChI=1S/C14H17NO3S2/c1-11-3-4-13(18-2)14(9-11)20(16,17)15-7-5-12-6-8-19-10-12/h3-4,6,8-10,15H,5,7H2,1-2H3. The lowest BCUT2D eigenvalue weighted by Gasteiger charge is -2.11. The van der Waals surface area contributed by atoms with Crippen LogP contribution in [0.15, 0.2) is 39.9 Å². The molecule has 0 amide bonds. The van der Waals surface area contributed by atoms with Crippen LogP contribution in [-0.2, 0) is 16.4 Å². The van der Waals surface area contributed by atoms with Crippen molar-refractivity contribution in [3.05, 3.63) is 46.2 Å². The highest BCUT2D eigenvalue weighted by molar-refractivity contribution is 7.89. The lowest BCUT2D eigenvalue weighted by molar-refractivity contribution is 0.402. The fourth-order valence-electron chi connectivity index (χ4n) is 1.84. The van der Waals surface area contributed by atoms with E-state index in [-0.39, 0.29) is 4.90 Å². The predicted molar refractivity (Wildman–Crippen MR) is 80.9 cm³/mol. The first kappa shape index (κ1) is 15.0. The van der Waals surface area contributed by atoms with E-state index in [4.69, 9.17) is 4.74 Å². The summed E-state index contributed by atoms with van der Waals surface area (Å²) in [7, 11) is -2.08. The van der Waals surface area contributed by atoms with Crippen LogP contribution in [0, 0.1) is 6.92 Å². The van der Waals surface area contributed by atoms with E-state index in [9.17, 15) is 8.42 Å². The second-order valence-electron chi connectivity index (χ2n) is 4.43. The van der Waals surface area contributed by atoms with Crippen LogP contribution in [0.25, 0.3) is 0 Å². The molecule has 0 radical (unpaired) electrons. The molecule has 0 bridgehead atoms. The van der Waals surface area contributed by atoms with Gasteiger partial charge in [0.25, 0.3) is 0 Å². The van der Waals surface area contributed by atoms with E-state index in [0.717, 1.165) is 11.1 Å². The van der Waals surface area contributed by atoms with Crippen molar-refractivity contribution in [3.8, 4) is 5.75 Å². The van der Waals surface area contributed by atoms with Gasteiger partial charge >= 0.3 is 0 Å². The molecule has 0 saturated heterocycles. The largest absolute Gasteiger partial charge is 0.495 e. The smallest absolute Gasteiger partial charge is 0.244 e. The van der Waals surface area contributed by atoms with Crippen LogP contribution < -0.4 is 9.46 Å². The fourth-order valence-corrected chi connectivity index (χ4v) is 3.82. The minimum absolute atomic E-state index is 0.185. The second-order valence-corrected chi connectivity index (χ2v) is 6.95. The molecule has 0 unspecified atom stereocenters. The topological polar surface area (TPSA) is 55.4 Å². The van der Waals surface area contributed by atoms with E-state index < -0.39 is 10.0 Å². The molecule has 0 saturated carbocycles. The number of rotatable bonds is 6. The van der Waals surface area contributed by atoms with Gasteiger partial charge in [0.1, 0.15) is 10.6 Å². The number of thiophene rings is 1. The summed E-state index contributed by atoms with van der Waals surface area (Å²) in [4.78, 5) is 0.185. The molecule has 1 aromatic carbocycles. The number of ether oxygens (including phenoxy) is 1. The highest BCUT2D eigenvalue weighted by atomic mass is 32.2. The molecular formula is C14H17NO3S2. The molecular weight excluding hydrogens is 294 g/mol. The average molecular weight is 311 g/mol. The summed E-state index contributed by atoms with van der Waals surface area (Å²) in [6.07, 6.45) is 0.677. The van der Waals surface area contributed by atoms with Gasteiger partial charge in [0.05, 0.1) is 7.11 Å². The summed E-state index contributed by atoms with van der Waals surface area (Å²) < 4.78 is 32.3. The summed E-state index contributed by atoms with van der Waals surface area (Å²) in [5.41, 5.74) is 2.01. The van der Waals surface area contributed by atoms with Gasteiger partial charge in [0.15, 0.2) is 0 Å². The number of aryl methyl sites for hydroxylation is 1. The number of benzene rings is 1. The summed E-state index contributed by atoms with van der Waals surface area (Å²) in [5.74, 6) is 0.360. The molecule has 0 aliphatic carbocycles. The molecule has 0 aliphatic rings. The molecule has 0 spiro atoms. The van der Waals surface area contributed by atoms with Gasteiger partial charge in [-0.25, -0.2) is 13.1 Å². The Morgan fingerprint density at radius 1 is 1.30 bits per heavy atom. The molecule has 1 N–H and O–H groups in total. The number of nitrogens with one attached hydrogen (secondary N) is 1. The Bertz CT molecular complexity index is 664. The van der Waals surface area contributed by atoms with Crippen molar-refractivity contribution < 1.29 is 13.2 Å². The Balaban J connectivity index is 2.11. The van der Waals surface area contributed by atoms with E-state index >= 15 is 0 Å². The van der Waals surface area contributed by atoms with Crippen LogP contribution in [-0.4, -0.2) is 22.1 Å². The maximum absolute atomic E-state index is 12.3. The third kappa shape index (κ3) is 3.59. The van der Waals surface area contributed by atoms with E-state index in [1.807, 2.05) is 29.8 Å². The van der Waals surface area contributed by atoms with Crippen LogP contribution in [0.4, 0.5) is 0 Å². The van der Waals surface area contributed by atoms with Gasteiger partial charge in [-0.1, -0.05) is 6.07 Å². The van der Waals surface area contributed by atoms with Crippen molar-refractivity contribution in [3.63, 3.8) is 0 Å². The van der Waals surface area contributed by atoms with E-state index in [1.54, 1.807) is 23.5 Å². The molecule has 4 nitrogen and oxygen atoms in total. The van der Waals surface area contributed by atoms with Gasteiger partial charge in [-0.15, -0.1) is 0 Å². The monoisotopic (exact) mass is 311 g/mol. The summed E-state index contributed by atoms with van der Waals surface area (Å²) in [6.45, 7) is 2.22. The zero-order valence-corrected chi connectivity index (χ0v) is 13.1. The Morgan fingerprint density at radius 3 is 2.75 bits per heavy atom. The van der Waals surface area contributed by atoms with Crippen LogP contribution in [0.2, 0.25) is 0 Å². The van der Waals surface area contributed by atoms with Gasteiger partial charge in [0, 0.05) is 6.54 Å². The van der Waals surface area contributed by atoms with Gasteiger partial charge in [-0.3, -0.25) is 0 Å². The summed E-state index contributed by atoms with van der Waals surface area (Å²) in [6, 6.07) is 7.10. The minimum atomic E-state index is -3.55. The molecule has 108 valence electrons. The fraction of sp³-hybridized carbons (Fsp3) is 0.286. The van der Waals surface area contributed by atoms with E-state index in [2.05, 4.69) is 4.72 Å². The van der Waals surface area contributed by atoms with Gasteiger partial charge in [0.2, 0.25) is 10.0 Å². The lowest BCUT2D eigenvalue weighted by atomic mass is 10.2. The minimum Gasteiger partial charge on any atom is -0.495 e. The predicted octanol–water partition coefficient (Wildman–Crippen LogP) is 2.59. The molecule has 6 heteroatoms. The zero-order chi connectivity index (χ0) is 14.6. The van der Waals surface area contributed by atoms with Gasteiger partial charge < -0.3 is 4.74 Å². The molecule has 1 aromatic heterocycles. The van der Waals surface area contributed by atoms with Crippen molar-refractivity contribution in [2.45, 2.75) is 18.2 Å². The SMILES string of the molecule is COc1ccc(C)cc1S(=O)(=O)NCCc1ccsc1. The number of sulfonamides is 1. The Labute approximate surface area is 123 Å². The van der Waals surface area contributed by atoms with Gasteiger partial charge in [-0.2, -0.15) is 11.3 Å². The number of hydrogen-bond donors (Lipinski definition) is 1. The summed E-state index contributed by atoms with van der Waals surface area (Å²) >= 11 is 1.60. The third-order valence-electron chi connectivity index (χ3n) is 2.89. The maximum Gasteiger partial charge on any atom is 0.244 e. The quantitative estimate of drug-likeness (QED) is 0.892. The lowest BCUT2D eigenvalue weighted by Crippen LogP contribution is -2.26.